The van der Waals surface area contributed by atoms with Crippen molar-refractivity contribution in [3.8, 4) is 5.75 Å². The van der Waals surface area contributed by atoms with Gasteiger partial charge in [0.05, 0.1) is 7.11 Å². The number of carbonyl (C=O) groups is 1. The van der Waals surface area contributed by atoms with Gasteiger partial charge in [-0.3, -0.25) is 4.79 Å². The zero-order valence-corrected chi connectivity index (χ0v) is 11.2. The van der Waals surface area contributed by atoms with Crippen molar-refractivity contribution >= 4 is 23.4 Å². The molecule has 4 heteroatoms. The first kappa shape index (κ1) is 13.7. The van der Waals surface area contributed by atoms with Crippen molar-refractivity contribution in [2.45, 2.75) is 0 Å². The Morgan fingerprint density at radius 3 is 2.65 bits per heavy atom. The number of hydrogen-bond donors (Lipinski definition) is 2. The number of amides is 1. The van der Waals surface area contributed by atoms with Crippen LogP contribution in [0.4, 0.5) is 11.4 Å². The van der Waals surface area contributed by atoms with Crippen LogP contribution >= 0.6 is 0 Å². The lowest BCUT2D eigenvalue weighted by atomic mass is 10.2. The molecule has 0 aliphatic rings. The van der Waals surface area contributed by atoms with Crippen molar-refractivity contribution in [1.82, 2.24) is 0 Å². The van der Waals surface area contributed by atoms with Crippen LogP contribution in [-0.4, -0.2) is 13.0 Å². The minimum absolute atomic E-state index is 0.197. The number of nitrogens with one attached hydrogen (secondary N) is 1. The fourth-order valence-electron chi connectivity index (χ4n) is 1.67. The Kier molecular flexibility index (Phi) is 4.39. The first-order valence-electron chi connectivity index (χ1n) is 6.16. The first-order chi connectivity index (χ1) is 9.67. The Morgan fingerprint density at radius 1 is 1.20 bits per heavy atom. The molecule has 0 saturated heterocycles. The van der Waals surface area contributed by atoms with Crippen molar-refractivity contribution in [2.75, 3.05) is 18.2 Å². The van der Waals surface area contributed by atoms with Crippen molar-refractivity contribution in [3.63, 3.8) is 0 Å². The summed E-state index contributed by atoms with van der Waals surface area (Å²) in [6.45, 7) is 0. The lowest BCUT2D eigenvalue weighted by Crippen LogP contribution is -2.07. The predicted molar refractivity (Wildman–Crippen MR) is 81.5 cm³/mol. The van der Waals surface area contributed by atoms with E-state index in [1.165, 1.54) is 6.08 Å². The molecule has 0 unspecified atom stereocenters. The normalized spacial score (nSPS) is 10.4. The maximum absolute atomic E-state index is 11.8. The van der Waals surface area contributed by atoms with E-state index < -0.39 is 0 Å². The Balaban J connectivity index is 1.99. The molecule has 4 nitrogen and oxygen atoms in total. The minimum Gasteiger partial charge on any atom is -0.497 e. The maximum Gasteiger partial charge on any atom is 0.248 e. The third kappa shape index (κ3) is 3.88. The lowest BCUT2D eigenvalue weighted by Gasteiger charge is -2.02. The Hall–Kier alpha value is -2.75. The van der Waals surface area contributed by atoms with Crippen LogP contribution in [0, 0.1) is 0 Å². The number of hydrogen-bond acceptors (Lipinski definition) is 3. The third-order valence-electron chi connectivity index (χ3n) is 2.70. The Bertz CT molecular complexity index is 619. The second-order valence-corrected chi connectivity index (χ2v) is 4.22. The molecule has 3 N–H and O–H groups in total. The van der Waals surface area contributed by atoms with Crippen LogP contribution in [-0.2, 0) is 4.79 Å². The van der Waals surface area contributed by atoms with Gasteiger partial charge in [0.15, 0.2) is 0 Å². The fourth-order valence-corrected chi connectivity index (χ4v) is 1.67. The van der Waals surface area contributed by atoms with Crippen molar-refractivity contribution < 1.29 is 9.53 Å². The van der Waals surface area contributed by atoms with E-state index in [2.05, 4.69) is 5.32 Å². The van der Waals surface area contributed by atoms with Crippen LogP contribution in [0.5, 0.6) is 5.75 Å². The molecule has 20 heavy (non-hydrogen) atoms. The van der Waals surface area contributed by atoms with Gasteiger partial charge in [0, 0.05) is 17.5 Å². The number of benzene rings is 2. The fraction of sp³-hybridized carbons (Fsp3) is 0.0625. The molecule has 0 aliphatic heterocycles. The zero-order valence-electron chi connectivity index (χ0n) is 11.2. The summed E-state index contributed by atoms with van der Waals surface area (Å²) in [5, 5.41) is 2.76. The SMILES string of the molecule is COc1cccc(/C=C/C(=O)Nc2ccc(N)cc2)c1. The van der Waals surface area contributed by atoms with E-state index in [4.69, 9.17) is 10.5 Å². The topological polar surface area (TPSA) is 64.3 Å². The third-order valence-corrected chi connectivity index (χ3v) is 2.70. The number of nitrogen functional groups attached to an aromatic ring is 1. The summed E-state index contributed by atoms with van der Waals surface area (Å²) < 4.78 is 5.12. The average Bonchev–Trinajstić information content (AvgIpc) is 2.48. The second kappa shape index (κ2) is 6.43. The van der Waals surface area contributed by atoms with Gasteiger partial charge in [-0.25, -0.2) is 0 Å². The van der Waals surface area contributed by atoms with Crippen molar-refractivity contribution in [3.05, 3.63) is 60.2 Å². The van der Waals surface area contributed by atoms with Gasteiger partial charge in [-0.2, -0.15) is 0 Å². The number of rotatable bonds is 4. The predicted octanol–water partition coefficient (Wildman–Crippen LogP) is 2.93. The summed E-state index contributed by atoms with van der Waals surface area (Å²) in [5.74, 6) is 0.559. The van der Waals surface area contributed by atoms with Crippen LogP contribution in [0.3, 0.4) is 0 Å². The first-order valence-corrected chi connectivity index (χ1v) is 6.16. The highest BCUT2D eigenvalue weighted by atomic mass is 16.5. The molecule has 102 valence electrons. The molecule has 0 bridgehead atoms. The van der Waals surface area contributed by atoms with Gasteiger partial charge < -0.3 is 15.8 Å². The summed E-state index contributed by atoms with van der Waals surface area (Å²) in [6, 6.07) is 14.5. The monoisotopic (exact) mass is 268 g/mol. The van der Waals surface area contributed by atoms with E-state index in [0.717, 1.165) is 11.3 Å². The summed E-state index contributed by atoms with van der Waals surface area (Å²) in [4.78, 5) is 11.8. The number of nitrogens with two attached hydrogens (primary N) is 1. The summed E-state index contributed by atoms with van der Waals surface area (Å²) in [6.07, 6.45) is 3.21. The average molecular weight is 268 g/mol. The summed E-state index contributed by atoms with van der Waals surface area (Å²) >= 11 is 0. The summed E-state index contributed by atoms with van der Waals surface area (Å²) in [5.41, 5.74) is 7.85. The molecule has 0 fully saturated rings. The zero-order chi connectivity index (χ0) is 14.4. The molecule has 2 aromatic rings. The summed E-state index contributed by atoms with van der Waals surface area (Å²) in [7, 11) is 1.61. The largest absolute Gasteiger partial charge is 0.497 e. The molecule has 0 saturated carbocycles. The van der Waals surface area contributed by atoms with Crippen LogP contribution in [0.25, 0.3) is 6.08 Å². The number of ether oxygens (including phenoxy) is 1. The van der Waals surface area contributed by atoms with E-state index in [-0.39, 0.29) is 5.91 Å². The van der Waals surface area contributed by atoms with Gasteiger partial charge in [-0.1, -0.05) is 12.1 Å². The van der Waals surface area contributed by atoms with Gasteiger partial charge in [-0.15, -0.1) is 0 Å². The molecule has 0 heterocycles. The van der Waals surface area contributed by atoms with Crippen LogP contribution in [0.15, 0.2) is 54.6 Å². The molecule has 2 rings (SSSR count). The highest BCUT2D eigenvalue weighted by molar-refractivity contribution is 6.02. The lowest BCUT2D eigenvalue weighted by molar-refractivity contribution is -0.111. The molecule has 0 spiro atoms. The molecule has 0 radical (unpaired) electrons. The van der Waals surface area contributed by atoms with E-state index in [9.17, 15) is 4.79 Å². The number of methoxy groups -OCH3 is 1. The minimum atomic E-state index is -0.197. The molecular weight excluding hydrogens is 252 g/mol. The molecular formula is C16H16N2O2. The Morgan fingerprint density at radius 2 is 1.95 bits per heavy atom. The number of carbonyl (C=O) groups excluding carboxylic acids is 1. The van der Waals surface area contributed by atoms with E-state index in [0.29, 0.717) is 11.4 Å². The van der Waals surface area contributed by atoms with Gasteiger partial charge in [-0.05, 0) is 48.0 Å². The molecule has 0 aliphatic carbocycles. The molecule has 2 aromatic carbocycles. The molecule has 0 aromatic heterocycles. The van der Waals surface area contributed by atoms with Gasteiger partial charge in [0.2, 0.25) is 5.91 Å². The quantitative estimate of drug-likeness (QED) is 0.662. The highest BCUT2D eigenvalue weighted by Crippen LogP contribution is 2.14. The number of anilines is 2. The van der Waals surface area contributed by atoms with E-state index >= 15 is 0 Å². The maximum atomic E-state index is 11.8. The van der Waals surface area contributed by atoms with Crippen LogP contribution < -0.4 is 15.8 Å². The standard InChI is InChI=1S/C16H16N2O2/c1-20-15-4-2-3-12(11-15)5-10-16(19)18-14-8-6-13(17)7-9-14/h2-11H,17H2,1H3,(H,18,19)/b10-5+. The highest BCUT2D eigenvalue weighted by Gasteiger charge is 1.98. The van der Waals surface area contributed by atoms with Crippen molar-refractivity contribution in [2.24, 2.45) is 0 Å². The van der Waals surface area contributed by atoms with Crippen LogP contribution in [0.2, 0.25) is 0 Å². The molecule has 1 amide bonds. The molecule has 0 atom stereocenters. The Labute approximate surface area is 117 Å². The van der Waals surface area contributed by atoms with E-state index in [1.807, 2.05) is 24.3 Å². The van der Waals surface area contributed by atoms with E-state index in [1.54, 1.807) is 37.5 Å². The van der Waals surface area contributed by atoms with Gasteiger partial charge >= 0.3 is 0 Å². The van der Waals surface area contributed by atoms with Crippen molar-refractivity contribution in [1.29, 1.82) is 0 Å². The van der Waals surface area contributed by atoms with Crippen LogP contribution in [0.1, 0.15) is 5.56 Å². The smallest absolute Gasteiger partial charge is 0.248 e. The van der Waals surface area contributed by atoms with Gasteiger partial charge in [0.25, 0.3) is 0 Å². The van der Waals surface area contributed by atoms with Gasteiger partial charge in [0.1, 0.15) is 5.75 Å². The second-order valence-electron chi connectivity index (χ2n) is 4.22.